The molecule has 2 aliphatic rings. The summed E-state index contributed by atoms with van der Waals surface area (Å²) in [7, 11) is 0. The minimum Gasteiger partial charge on any atom is -0.494 e. The molecule has 0 aromatic heterocycles. The summed E-state index contributed by atoms with van der Waals surface area (Å²) in [6.45, 7) is 5.07. The quantitative estimate of drug-likeness (QED) is 0.535. The number of carbonyl (C=O) groups is 1. The number of rotatable bonds is 6. The van der Waals surface area contributed by atoms with Gasteiger partial charge in [0.2, 0.25) is 0 Å². The van der Waals surface area contributed by atoms with E-state index in [-0.39, 0.29) is 12.0 Å². The lowest BCUT2D eigenvalue weighted by atomic mass is 9.76. The maximum Gasteiger partial charge on any atom is 0.338 e. The third-order valence-corrected chi connectivity index (χ3v) is 5.59. The van der Waals surface area contributed by atoms with Crippen LogP contribution in [0.3, 0.4) is 0 Å². The number of hydrogen-bond acceptors (Lipinski definition) is 4. The first-order valence-electron chi connectivity index (χ1n) is 10.2. The fourth-order valence-electron chi connectivity index (χ4n) is 4.26. The predicted molar refractivity (Wildman–Crippen MR) is 111 cm³/mol. The van der Waals surface area contributed by atoms with Gasteiger partial charge in [-0.2, -0.15) is 0 Å². The van der Waals surface area contributed by atoms with Crippen molar-refractivity contribution < 1.29 is 14.3 Å². The van der Waals surface area contributed by atoms with E-state index in [0.717, 1.165) is 30.9 Å². The van der Waals surface area contributed by atoms with E-state index in [1.807, 2.05) is 25.1 Å². The van der Waals surface area contributed by atoms with Crippen LogP contribution in [-0.4, -0.2) is 19.2 Å². The van der Waals surface area contributed by atoms with E-state index in [4.69, 9.17) is 9.47 Å². The van der Waals surface area contributed by atoms with Gasteiger partial charge >= 0.3 is 5.97 Å². The normalized spacial score (nSPS) is 22.1. The van der Waals surface area contributed by atoms with Crippen molar-refractivity contribution in [2.75, 3.05) is 18.5 Å². The van der Waals surface area contributed by atoms with Crippen LogP contribution in [0.2, 0.25) is 0 Å². The van der Waals surface area contributed by atoms with Crippen LogP contribution in [0.15, 0.2) is 54.6 Å². The molecular formula is C24H27NO3. The molecular weight excluding hydrogens is 350 g/mol. The third kappa shape index (κ3) is 3.51. The van der Waals surface area contributed by atoms with Crippen LogP contribution in [0.5, 0.6) is 5.75 Å². The van der Waals surface area contributed by atoms with E-state index in [9.17, 15) is 4.79 Å². The van der Waals surface area contributed by atoms with Gasteiger partial charge in [0, 0.05) is 11.6 Å². The number of esters is 1. The number of fused-ring (bicyclic) bond motifs is 3. The van der Waals surface area contributed by atoms with Crippen LogP contribution in [-0.2, 0) is 4.74 Å². The van der Waals surface area contributed by atoms with Crippen LogP contribution < -0.4 is 10.1 Å². The van der Waals surface area contributed by atoms with Gasteiger partial charge in [-0.15, -0.1) is 0 Å². The molecule has 1 aliphatic carbocycles. The Hall–Kier alpha value is -2.75. The average Bonchev–Trinajstić information content (AvgIpc) is 3.22. The largest absolute Gasteiger partial charge is 0.494 e. The van der Waals surface area contributed by atoms with Crippen molar-refractivity contribution in [2.45, 2.75) is 38.6 Å². The Kier molecular flexibility index (Phi) is 5.38. The Bertz CT molecular complexity index is 872. The Morgan fingerprint density at radius 2 is 1.96 bits per heavy atom. The monoisotopic (exact) mass is 377 g/mol. The molecule has 0 saturated carbocycles. The summed E-state index contributed by atoms with van der Waals surface area (Å²) >= 11 is 0. The molecule has 1 heterocycles. The lowest BCUT2D eigenvalue weighted by Crippen LogP contribution is -2.29. The van der Waals surface area contributed by atoms with Crippen LogP contribution in [0, 0.1) is 5.92 Å². The number of ether oxygens (including phenoxy) is 2. The zero-order chi connectivity index (χ0) is 19.5. The Labute approximate surface area is 166 Å². The number of benzene rings is 2. The van der Waals surface area contributed by atoms with Gasteiger partial charge in [0.05, 0.1) is 24.8 Å². The van der Waals surface area contributed by atoms with Gasteiger partial charge in [0.25, 0.3) is 0 Å². The van der Waals surface area contributed by atoms with Crippen LogP contribution in [0.25, 0.3) is 0 Å². The van der Waals surface area contributed by atoms with Crippen molar-refractivity contribution in [3.8, 4) is 5.75 Å². The highest BCUT2D eigenvalue weighted by atomic mass is 16.5. The summed E-state index contributed by atoms with van der Waals surface area (Å²) in [5, 5.41) is 3.71. The molecule has 0 fully saturated rings. The molecule has 4 nitrogen and oxygen atoms in total. The van der Waals surface area contributed by atoms with Gasteiger partial charge < -0.3 is 14.8 Å². The summed E-state index contributed by atoms with van der Waals surface area (Å²) in [6, 6.07) is 14.5. The second-order valence-corrected chi connectivity index (χ2v) is 7.42. The maximum atomic E-state index is 12.1. The van der Waals surface area contributed by atoms with Crippen molar-refractivity contribution in [3.63, 3.8) is 0 Å². The molecule has 3 atom stereocenters. The Balaban J connectivity index is 1.61. The first-order valence-corrected chi connectivity index (χ1v) is 10.2. The summed E-state index contributed by atoms with van der Waals surface area (Å²) < 4.78 is 10.9. The molecule has 2 aromatic rings. The van der Waals surface area contributed by atoms with E-state index in [0.29, 0.717) is 24.0 Å². The van der Waals surface area contributed by atoms with Gasteiger partial charge in [-0.1, -0.05) is 31.2 Å². The average molecular weight is 377 g/mol. The zero-order valence-corrected chi connectivity index (χ0v) is 16.5. The lowest BCUT2D eigenvalue weighted by Gasteiger charge is -2.37. The maximum absolute atomic E-state index is 12.1. The number of nitrogens with one attached hydrogen (secondary N) is 1. The topological polar surface area (TPSA) is 47.6 Å². The van der Waals surface area contributed by atoms with Crippen LogP contribution in [0.4, 0.5) is 5.69 Å². The first kappa shape index (κ1) is 18.6. The standard InChI is InChI=1S/C24H27NO3/c1-3-14-28-18-11-8-16(9-12-18)23-20-7-5-6-19(20)21-15-17(24(26)27-4-2)10-13-22(21)25-23/h5-6,8-13,15,19-20,23,25H,3-4,7,14H2,1-2H3/t19-,20+,23+/m1/s1. The van der Waals surface area contributed by atoms with E-state index < -0.39 is 0 Å². The minimum absolute atomic E-state index is 0.237. The highest BCUT2D eigenvalue weighted by molar-refractivity contribution is 5.90. The molecule has 1 N–H and O–H groups in total. The molecule has 146 valence electrons. The molecule has 1 aliphatic heterocycles. The Morgan fingerprint density at radius 1 is 1.14 bits per heavy atom. The van der Waals surface area contributed by atoms with Crippen molar-refractivity contribution in [2.24, 2.45) is 5.92 Å². The number of anilines is 1. The van der Waals surface area contributed by atoms with E-state index in [1.54, 1.807) is 0 Å². The summed E-state index contributed by atoms with van der Waals surface area (Å²) in [5.41, 5.74) is 4.17. The van der Waals surface area contributed by atoms with Crippen molar-refractivity contribution in [3.05, 3.63) is 71.3 Å². The zero-order valence-electron chi connectivity index (χ0n) is 16.5. The molecule has 0 spiro atoms. The van der Waals surface area contributed by atoms with Gasteiger partial charge in [-0.05, 0) is 67.1 Å². The highest BCUT2D eigenvalue weighted by Gasteiger charge is 2.38. The molecule has 0 unspecified atom stereocenters. The van der Waals surface area contributed by atoms with E-state index in [2.05, 4.69) is 48.7 Å². The van der Waals surface area contributed by atoms with Crippen molar-refractivity contribution in [1.82, 2.24) is 0 Å². The minimum atomic E-state index is -0.256. The second kappa shape index (κ2) is 8.09. The van der Waals surface area contributed by atoms with Gasteiger partial charge in [0.15, 0.2) is 0 Å². The van der Waals surface area contributed by atoms with Crippen molar-refractivity contribution in [1.29, 1.82) is 0 Å². The van der Waals surface area contributed by atoms with E-state index >= 15 is 0 Å². The number of hydrogen-bond donors (Lipinski definition) is 1. The third-order valence-electron chi connectivity index (χ3n) is 5.59. The molecule has 0 bridgehead atoms. The van der Waals surface area contributed by atoms with Crippen LogP contribution >= 0.6 is 0 Å². The smallest absolute Gasteiger partial charge is 0.338 e. The Morgan fingerprint density at radius 3 is 2.71 bits per heavy atom. The van der Waals surface area contributed by atoms with Gasteiger partial charge in [0.1, 0.15) is 5.75 Å². The molecule has 4 rings (SSSR count). The lowest BCUT2D eigenvalue weighted by molar-refractivity contribution is 0.0526. The molecule has 28 heavy (non-hydrogen) atoms. The van der Waals surface area contributed by atoms with Gasteiger partial charge in [-0.25, -0.2) is 4.79 Å². The second-order valence-electron chi connectivity index (χ2n) is 7.42. The fourth-order valence-corrected chi connectivity index (χ4v) is 4.26. The molecule has 2 aromatic carbocycles. The number of allylic oxidation sites excluding steroid dienone is 2. The van der Waals surface area contributed by atoms with Crippen LogP contribution in [0.1, 0.15) is 60.1 Å². The molecule has 0 saturated heterocycles. The SMILES string of the molecule is CCCOc1ccc([C@@H]2Nc3ccc(C(=O)OCC)cc3[C@@H]3C=CC[C@@H]32)cc1. The van der Waals surface area contributed by atoms with Gasteiger partial charge in [-0.3, -0.25) is 0 Å². The molecule has 0 amide bonds. The molecule has 4 heteroatoms. The molecule has 0 radical (unpaired) electrons. The fraction of sp³-hybridized carbons (Fsp3) is 0.375. The first-order chi connectivity index (χ1) is 13.7. The highest BCUT2D eigenvalue weighted by Crippen LogP contribution is 2.50. The van der Waals surface area contributed by atoms with E-state index in [1.165, 1.54) is 11.1 Å². The summed E-state index contributed by atoms with van der Waals surface area (Å²) in [6.07, 6.45) is 6.57. The number of carbonyl (C=O) groups excluding carboxylic acids is 1. The summed E-state index contributed by atoms with van der Waals surface area (Å²) in [4.78, 5) is 12.1. The predicted octanol–water partition coefficient (Wildman–Crippen LogP) is 5.48. The summed E-state index contributed by atoms with van der Waals surface area (Å²) in [5.74, 6) is 1.41. The van der Waals surface area contributed by atoms with Crippen molar-refractivity contribution >= 4 is 11.7 Å².